The summed E-state index contributed by atoms with van der Waals surface area (Å²) in [4.78, 5) is 6.23. The minimum absolute atomic E-state index is 0. The molecule has 8 heteroatoms. The summed E-state index contributed by atoms with van der Waals surface area (Å²) in [6.45, 7) is 12.0. The fraction of sp³-hybridized carbons (Fsp3) is 0.562. The van der Waals surface area contributed by atoms with Crippen LogP contribution >= 0.6 is 23.7 Å². The zero-order valence-corrected chi connectivity index (χ0v) is 15.7. The van der Waals surface area contributed by atoms with E-state index in [0.29, 0.717) is 0 Å². The Bertz CT molecular complexity index is 606. The molecule has 1 unspecified atom stereocenters. The maximum atomic E-state index is 4.33. The molecule has 0 aromatic carbocycles. The number of hydrogen-bond donors (Lipinski definition) is 0. The monoisotopic (exact) mass is 368 g/mol. The zero-order chi connectivity index (χ0) is 16.1. The Kier molecular flexibility index (Phi) is 7.36. The molecule has 0 bridgehead atoms. The van der Waals surface area contributed by atoms with Gasteiger partial charge >= 0.3 is 0 Å². The Balaban J connectivity index is 0.00000208. The fourth-order valence-electron chi connectivity index (χ4n) is 3.16. The van der Waals surface area contributed by atoms with Crippen LogP contribution in [-0.2, 0) is 6.54 Å². The molecule has 1 atom stereocenters. The van der Waals surface area contributed by atoms with E-state index in [-0.39, 0.29) is 18.4 Å². The molecule has 0 spiro atoms. The van der Waals surface area contributed by atoms with Crippen LogP contribution in [0.15, 0.2) is 30.2 Å². The second-order valence-electron chi connectivity index (χ2n) is 5.82. The average molecular weight is 369 g/mol. The number of rotatable bonds is 7. The molecule has 3 heterocycles. The maximum Gasteiger partial charge on any atom is 0.168 e. The lowest BCUT2D eigenvalue weighted by molar-refractivity contribution is 0.0949. The molecule has 1 aliphatic heterocycles. The molecule has 1 fully saturated rings. The fourth-order valence-corrected chi connectivity index (χ4v) is 3.84. The van der Waals surface area contributed by atoms with Crippen LogP contribution in [0.2, 0.25) is 0 Å². The summed E-state index contributed by atoms with van der Waals surface area (Å²) in [5, 5.41) is 14.6. The molecule has 0 aliphatic carbocycles. The second-order valence-corrected chi connectivity index (χ2v) is 6.86. The summed E-state index contributed by atoms with van der Waals surface area (Å²) in [6.07, 6.45) is 3.00. The van der Waals surface area contributed by atoms with Gasteiger partial charge in [0, 0.05) is 37.6 Å². The number of nitrogens with zero attached hydrogens (tertiary/aromatic N) is 6. The molecule has 24 heavy (non-hydrogen) atoms. The molecule has 1 aliphatic rings. The van der Waals surface area contributed by atoms with Crippen molar-refractivity contribution in [3.63, 3.8) is 0 Å². The van der Waals surface area contributed by atoms with E-state index in [1.54, 1.807) is 11.3 Å². The van der Waals surface area contributed by atoms with Gasteiger partial charge in [-0.1, -0.05) is 19.1 Å². The quantitative estimate of drug-likeness (QED) is 0.702. The zero-order valence-electron chi connectivity index (χ0n) is 14.0. The standard InChI is InChI=1S/C16H24N6S.ClH/c1-3-7-20-8-10-21(11-9-20)15(4-2)16-17-18-19-22(16)13-14-6-5-12-23-14;/h3,5-6,12,15H,1,4,7-11,13H2,2H3;1H. The first-order valence-corrected chi connectivity index (χ1v) is 9.05. The lowest BCUT2D eigenvalue weighted by Gasteiger charge is -2.38. The minimum Gasteiger partial charge on any atom is -0.297 e. The molecule has 0 saturated carbocycles. The van der Waals surface area contributed by atoms with Crippen LogP contribution in [0.5, 0.6) is 0 Å². The van der Waals surface area contributed by atoms with E-state index in [0.717, 1.165) is 51.5 Å². The lowest BCUT2D eigenvalue weighted by atomic mass is 10.1. The first-order valence-electron chi connectivity index (χ1n) is 8.17. The Morgan fingerprint density at radius 1 is 1.33 bits per heavy atom. The molecule has 6 nitrogen and oxygen atoms in total. The van der Waals surface area contributed by atoms with Crippen LogP contribution in [-0.4, -0.2) is 62.7 Å². The predicted molar refractivity (Wildman–Crippen MR) is 99.7 cm³/mol. The molecule has 0 radical (unpaired) electrons. The highest BCUT2D eigenvalue weighted by atomic mass is 35.5. The van der Waals surface area contributed by atoms with Gasteiger partial charge in [-0.3, -0.25) is 9.80 Å². The Morgan fingerprint density at radius 2 is 2.12 bits per heavy atom. The molecule has 1 saturated heterocycles. The van der Waals surface area contributed by atoms with Crippen molar-refractivity contribution in [1.29, 1.82) is 0 Å². The lowest BCUT2D eigenvalue weighted by Crippen LogP contribution is -2.47. The maximum absolute atomic E-state index is 4.33. The number of piperazine rings is 1. The molecule has 0 amide bonds. The number of halogens is 1. The summed E-state index contributed by atoms with van der Waals surface area (Å²) in [5.74, 6) is 0.984. The van der Waals surface area contributed by atoms with E-state index in [2.05, 4.69) is 56.3 Å². The van der Waals surface area contributed by atoms with Crippen molar-refractivity contribution in [2.45, 2.75) is 25.9 Å². The summed E-state index contributed by atoms with van der Waals surface area (Å²) in [7, 11) is 0. The predicted octanol–water partition coefficient (Wildman–Crippen LogP) is 2.46. The minimum atomic E-state index is 0. The molecule has 3 rings (SSSR count). The second kappa shape index (κ2) is 9.27. The van der Waals surface area contributed by atoms with E-state index in [9.17, 15) is 0 Å². The van der Waals surface area contributed by atoms with Crippen LogP contribution in [0.1, 0.15) is 30.1 Å². The number of hydrogen-bond acceptors (Lipinski definition) is 6. The Labute approximate surface area is 153 Å². The normalized spacial score (nSPS) is 17.4. The smallest absolute Gasteiger partial charge is 0.168 e. The Hall–Kier alpha value is -1.28. The van der Waals surface area contributed by atoms with Crippen LogP contribution < -0.4 is 0 Å². The first-order chi connectivity index (χ1) is 11.3. The average Bonchev–Trinajstić information content (AvgIpc) is 3.23. The van der Waals surface area contributed by atoms with Crippen LogP contribution in [0, 0.1) is 0 Å². The molecule has 2 aromatic rings. The van der Waals surface area contributed by atoms with Crippen molar-refractivity contribution in [2.24, 2.45) is 0 Å². The topological polar surface area (TPSA) is 50.1 Å². The van der Waals surface area contributed by atoms with Crippen molar-refractivity contribution in [3.8, 4) is 0 Å². The number of aromatic nitrogens is 4. The van der Waals surface area contributed by atoms with E-state index >= 15 is 0 Å². The molecular weight excluding hydrogens is 344 g/mol. The van der Waals surface area contributed by atoms with Crippen LogP contribution in [0.25, 0.3) is 0 Å². The van der Waals surface area contributed by atoms with Gasteiger partial charge in [0.15, 0.2) is 5.82 Å². The van der Waals surface area contributed by atoms with Gasteiger partial charge in [0.1, 0.15) is 0 Å². The third kappa shape index (κ3) is 4.42. The highest BCUT2D eigenvalue weighted by Gasteiger charge is 2.27. The van der Waals surface area contributed by atoms with Crippen molar-refractivity contribution < 1.29 is 0 Å². The van der Waals surface area contributed by atoms with Crippen molar-refractivity contribution in [2.75, 3.05) is 32.7 Å². The molecule has 2 aromatic heterocycles. The molecular formula is C16H25ClN6S. The van der Waals surface area contributed by atoms with E-state index in [1.165, 1.54) is 4.88 Å². The van der Waals surface area contributed by atoms with E-state index in [1.807, 2.05) is 10.8 Å². The molecule has 132 valence electrons. The van der Waals surface area contributed by atoms with Gasteiger partial charge in [0.25, 0.3) is 0 Å². The van der Waals surface area contributed by atoms with Crippen LogP contribution in [0.3, 0.4) is 0 Å². The third-order valence-electron chi connectivity index (χ3n) is 4.37. The van der Waals surface area contributed by atoms with Crippen molar-refractivity contribution in [3.05, 3.63) is 40.9 Å². The van der Waals surface area contributed by atoms with Crippen LogP contribution in [0.4, 0.5) is 0 Å². The highest BCUT2D eigenvalue weighted by molar-refractivity contribution is 7.09. The van der Waals surface area contributed by atoms with Gasteiger partial charge in [-0.05, 0) is 28.3 Å². The van der Waals surface area contributed by atoms with Gasteiger partial charge in [0.2, 0.25) is 0 Å². The summed E-state index contributed by atoms with van der Waals surface area (Å²) in [6, 6.07) is 4.49. The summed E-state index contributed by atoms with van der Waals surface area (Å²) in [5.41, 5.74) is 0. The van der Waals surface area contributed by atoms with E-state index in [4.69, 9.17) is 0 Å². The van der Waals surface area contributed by atoms with Gasteiger partial charge in [-0.25, -0.2) is 4.68 Å². The Morgan fingerprint density at radius 3 is 2.75 bits per heavy atom. The number of tetrazole rings is 1. The summed E-state index contributed by atoms with van der Waals surface area (Å²) < 4.78 is 1.95. The van der Waals surface area contributed by atoms with Gasteiger partial charge in [-0.15, -0.1) is 35.4 Å². The highest BCUT2D eigenvalue weighted by Crippen LogP contribution is 2.24. The van der Waals surface area contributed by atoms with Gasteiger partial charge in [-0.2, -0.15) is 0 Å². The third-order valence-corrected chi connectivity index (χ3v) is 5.23. The van der Waals surface area contributed by atoms with Crippen molar-refractivity contribution >= 4 is 23.7 Å². The van der Waals surface area contributed by atoms with E-state index < -0.39 is 0 Å². The largest absolute Gasteiger partial charge is 0.297 e. The van der Waals surface area contributed by atoms with Crippen molar-refractivity contribution in [1.82, 2.24) is 30.0 Å². The van der Waals surface area contributed by atoms with Gasteiger partial charge < -0.3 is 0 Å². The summed E-state index contributed by atoms with van der Waals surface area (Å²) >= 11 is 1.74. The first kappa shape index (κ1) is 19.1. The number of thiophene rings is 1. The molecule has 0 N–H and O–H groups in total. The SMILES string of the molecule is C=CCN1CCN(C(CC)c2nnnn2Cc2cccs2)CC1.Cl. The van der Waals surface area contributed by atoms with Gasteiger partial charge in [0.05, 0.1) is 12.6 Å².